The van der Waals surface area contributed by atoms with Crippen LogP contribution >= 0.6 is 23.2 Å². The molecule has 5 nitrogen and oxygen atoms in total. The summed E-state index contributed by atoms with van der Waals surface area (Å²) in [6, 6.07) is 6.76. The van der Waals surface area contributed by atoms with Gasteiger partial charge in [0.2, 0.25) is 0 Å². The van der Waals surface area contributed by atoms with Crippen molar-refractivity contribution in [3.05, 3.63) is 57.2 Å². The molecule has 0 saturated carbocycles. The van der Waals surface area contributed by atoms with Crippen molar-refractivity contribution in [2.24, 2.45) is 0 Å². The van der Waals surface area contributed by atoms with Crippen molar-refractivity contribution >= 4 is 40.9 Å². The van der Waals surface area contributed by atoms with Crippen molar-refractivity contribution in [1.82, 2.24) is 4.98 Å². The lowest BCUT2D eigenvalue weighted by Gasteiger charge is -2.09. The highest BCUT2D eigenvalue weighted by Crippen LogP contribution is 2.22. The first-order chi connectivity index (χ1) is 10.9. The number of amides is 1. The Morgan fingerprint density at radius 3 is 2.70 bits per heavy atom. The molecule has 1 heterocycles. The average molecular weight is 353 g/mol. The second kappa shape index (κ2) is 7.44. The molecule has 23 heavy (non-hydrogen) atoms. The number of halogens is 2. The summed E-state index contributed by atoms with van der Waals surface area (Å²) in [6.45, 7) is 3.28. The molecule has 7 heteroatoms. The first-order valence-electron chi connectivity index (χ1n) is 6.72. The van der Waals surface area contributed by atoms with Gasteiger partial charge in [-0.05, 0) is 37.1 Å². The smallest absolute Gasteiger partial charge is 0.338 e. The number of nitrogens with zero attached hydrogens (tertiary/aromatic N) is 1. The molecule has 0 fully saturated rings. The van der Waals surface area contributed by atoms with E-state index < -0.39 is 18.5 Å². The summed E-state index contributed by atoms with van der Waals surface area (Å²) in [7, 11) is 0. The van der Waals surface area contributed by atoms with Gasteiger partial charge in [0.15, 0.2) is 12.4 Å². The van der Waals surface area contributed by atoms with Gasteiger partial charge in [-0.1, -0.05) is 35.3 Å². The van der Waals surface area contributed by atoms with Gasteiger partial charge in [-0.25, -0.2) is 9.78 Å². The number of nitrogens with one attached hydrogen (secondary N) is 1. The van der Waals surface area contributed by atoms with Gasteiger partial charge in [0.25, 0.3) is 5.91 Å². The molecule has 0 atom stereocenters. The summed E-state index contributed by atoms with van der Waals surface area (Å²) in [6.07, 6.45) is 1.35. The average Bonchev–Trinajstić information content (AvgIpc) is 2.50. The molecule has 0 aliphatic carbocycles. The second-order valence-corrected chi connectivity index (χ2v) is 5.70. The Balaban J connectivity index is 1.96. The van der Waals surface area contributed by atoms with E-state index in [9.17, 15) is 9.59 Å². The van der Waals surface area contributed by atoms with Crippen molar-refractivity contribution in [3.63, 3.8) is 0 Å². The molecule has 0 bridgehead atoms. The molecule has 0 spiro atoms. The standard InChI is InChI=1S/C16H14Cl2N2O3/c1-9-4-3-5-12(10(9)2)16(22)23-8-14(21)20-15-13(18)6-11(17)7-19-15/h3-7H,8H2,1-2H3,(H,19,20,21). The Kier molecular flexibility index (Phi) is 5.58. The summed E-state index contributed by atoms with van der Waals surface area (Å²) in [5.74, 6) is -0.944. The minimum absolute atomic E-state index is 0.156. The minimum atomic E-state index is -0.559. The molecule has 0 aliphatic rings. The summed E-state index contributed by atoms with van der Waals surface area (Å²) in [5, 5.41) is 3.01. The maximum absolute atomic E-state index is 12.0. The van der Waals surface area contributed by atoms with Gasteiger partial charge in [0.05, 0.1) is 15.6 Å². The number of ether oxygens (including phenoxy) is 1. The number of esters is 1. The first-order valence-corrected chi connectivity index (χ1v) is 7.48. The van der Waals surface area contributed by atoms with E-state index in [0.717, 1.165) is 11.1 Å². The van der Waals surface area contributed by atoms with Gasteiger partial charge < -0.3 is 10.1 Å². The lowest BCUT2D eigenvalue weighted by atomic mass is 10.0. The van der Waals surface area contributed by atoms with Crippen LogP contribution in [-0.2, 0) is 9.53 Å². The van der Waals surface area contributed by atoms with Gasteiger partial charge in [0.1, 0.15) is 0 Å². The maximum atomic E-state index is 12.0. The molecule has 2 aromatic rings. The predicted molar refractivity (Wildman–Crippen MR) is 89.1 cm³/mol. The highest BCUT2D eigenvalue weighted by molar-refractivity contribution is 6.36. The van der Waals surface area contributed by atoms with E-state index >= 15 is 0 Å². The van der Waals surface area contributed by atoms with Gasteiger partial charge in [-0.15, -0.1) is 0 Å². The molecule has 1 N–H and O–H groups in total. The number of hydrogen-bond donors (Lipinski definition) is 1. The number of benzene rings is 1. The van der Waals surface area contributed by atoms with Crippen molar-refractivity contribution < 1.29 is 14.3 Å². The fourth-order valence-electron chi connectivity index (χ4n) is 1.86. The second-order valence-electron chi connectivity index (χ2n) is 4.86. The lowest BCUT2D eigenvalue weighted by molar-refractivity contribution is -0.119. The molecular weight excluding hydrogens is 339 g/mol. The highest BCUT2D eigenvalue weighted by Gasteiger charge is 2.14. The minimum Gasteiger partial charge on any atom is -0.452 e. The van der Waals surface area contributed by atoms with Crippen LogP contribution in [0.3, 0.4) is 0 Å². The number of aromatic nitrogens is 1. The Hall–Kier alpha value is -2.11. The fourth-order valence-corrected chi connectivity index (χ4v) is 2.28. The largest absolute Gasteiger partial charge is 0.452 e. The zero-order valence-corrected chi connectivity index (χ0v) is 14.0. The van der Waals surface area contributed by atoms with E-state index in [-0.39, 0.29) is 10.8 Å². The van der Waals surface area contributed by atoms with E-state index in [1.54, 1.807) is 12.1 Å². The van der Waals surface area contributed by atoms with Crippen molar-refractivity contribution in [2.75, 3.05) is 11.9 Å². The van der Waals surface area contributed by atoms with Crippen LogP contribution in [0, 0.1) is 13.8 Å². The van der Waals surface area contributed by atoms with Gasteiger partial charge in [-0.3, -0.25) is 4.79 Å². The third-order valence-electron chi connectivity index (χ3n) is 3.22. The normalized spacial score (nSPS) is 10.3. The molecule has 0 unspecified atom stereocenters. The van der Waals surface area contributed by atoms with E-state index in [0.29, 0.717) is 10.6 Å². The highest BCUT2D eigenvalue weighted by atomic mass is 35.5. The molecule has 0 radical (unpaired) electrons. The van der Waals surface area contributed by atoms with Crippen LogP contribution < -0.4 is 5.32 Å². The monoisotopic (exact) mass is 352 g/mol. The topological polar surface area (TPSA) is 68.3 Å². The Bertz CT molecular complexity index is 763. The number of rotatable bonds is 4. The summed E-state index contributed by atoms with van der Waals surface area (Å²) in [5.41, 5.74) is 2.22. The van der Waals surface area contributed by atoms with Crippen molar-refractivity contribution in [2.45, 2.75) is 13.8 Å². The van der Waals surface area contributed by atoms with Crippen molar-refractivity contribution in [3.8, 4) is 0 Å². The van der Waals surface area contributed by atoms with Crippen LogP contribution in [0.25, 0.3) is 0 Å². The van der Waals surface area contributed by atoms with Crippen LogP contribution in [0.4, 0.5) is 5.82 Å². The van der Waals surface area contributed by atoms with E-state index in [4.69, 9.17) is 27.9 Å². The number of anilines is 1. The molecule has 0 saturated heterocycles. The predicted octanol–water partition coefficient (Wildman–Crippen LogP) is 3.80. The van der Waals surface area contributed by atoms with Crippen LogP contribution in [0.2, 0.25) is 10.0 Å². The number of pyridine rings is 1. The molecular formula is C16H14Cl2N2O3. The molecule has 1 aromatic heterocycles. The number of hydrogen-bond acceptors (Lipinski definition) is 4. The number of aryl methyl sites for hydroxylation is 1. The Morgan fingerprint density at radius 1 is 1.26 bits per heavy atom. The fraction of sp³-hybridized carbons (Fsp3) is 0.188. The van der Waals surface area contributed by atoms with Gasteiger partial charge >= 0.3 is 5.97 Å². The molecule has 120 valence electrons. The third kappa shape index (κ3) is 4.43. The number of carbonyl (C=O) groups excluding carboxylic acids is 2. The Morgan fingerprint density at radius 2 is 2.00 bits per heavy atom. The molecule has 1 amide bonds. The summed E-state index contributed by atoms with van der Waals surface area (Å²) < 4.78 is 5.01. The van der Waals surface area contributed by atoms with Crippen LogP contribution in [0.5, 0.6) is 0 Å². The summed E-state index contributed by atoms with van der Waals surface area (Å²) >= 11 is 11.6. The van der Waals surface area contributed by atoms with Gasteiger partial charge in [0, 0.05) is 6.20 Å². The Labute approximate surface area is 143 Å². The van der Waals surface area contributed by atoms with Crippen molar-refractivity contribution in [1.29, 1.82) is 0 Å². The quantitative estimate of drug-likeness (QED) is 0.849. The first kappa shape index (κ1) is 17.2. The van der Waals surface area contributed by atoms with E-state index in [1.807, 2.05) is 19.9 Å². The lowest BCUT2D eigenvalue weighted by Crippen LogP contribution is -2.22. The molecule has 0 aliphatic heterocycles. The SMILES string of the molecule is Cc1cccc(C(=O)OCC(=O)Nc2ncc(Cl)cc2Cl)c1C. The van der Waals surface area contributed by atoms with Crippen LogP contribution in [-0.4, -0.2) is 23.5 Å². The summed E-state index contributed by atoms with van der Waals surface area (Å²) in [4.78, 5) is 27.7. The zero-order chi connectivity index (χ0) is 17.0. The van der Waals surface area contributed by atoms with E-state index in [1.165, 1.54) is 12.3 Å². The van der Waals surface area contributed by atoms with Gasteiger partial charge in [-0.2, -0.15) is 0 Å². The van der Waals surface area contributed by atoms with E-state index in [2.05, 4.69) is 10.3 Å². The third-order valence-corrected chi connectivity index (χ3v) is 3.72. The van der Waals surface area contributed by atoms with Crippen LogP contribution in [0.1, 0.15) is 21.5 Å². The van der Waals surface area contributed by atoms with Crippen LogP contribution in [0.15, 0.2) is 30.5 Å². The molecule has 1 aromatic carbocycles. The molecule has 2 rings (SSSR count). The zero-order valence-electron chi connectivity index (χ0n) is 12.5. The number of carbonyl (C=O) groups is 2. The maximum Gasteiger partial charge on any atom is 0.338 e.